The van der Waals surface area contributed by atoms with Gasteiger partial charge in [-0.2, -0.15) is 0 Å². The van der Waals surface area contributed by atoms with Gasteiger partial charge in [0.25, 0.3) is 5.97 Å². The second kappa shape index (κ2) is 7.46. The molecule has 4 nitrogen and oxygen atoms in total. The van der Waals surface area contributed by atoms with E-state index < -0.39 is 5.97 Å². The number of aromatic hydroxyl groups is 1. The molecule has 1 fully saturated rings. The van der Waals surface area contributed by atoms with E-state index in [1.54, 1.807) is 6.07 Å². The monoisotopic (exact) mass is 293 g/mol. The van der Waals surface area contributed by atoms with Crippen molar-refractivity contribution in [3.8, 4) is 5.75 Å². The maximum absolute atomic E-state index is 9.69. The SMILES string of the molecule is CC(=O)O.CCCC1(c2cccc(O)c2)CCN(C)C1C. The van der Waals surface area contributed by atoms with Gasteiger partial charge in [-0.1, -0.05) is 25.5 Å². The van der Waals surface area contributed by atoms with Crippen molar-refractivity contribution in [3.63, 3.8) is 0 Å². The second-order valence-corrected chi connectivity index (χ2v) is 5.88. The van der Waals surface area contributed by atoms with E-state index in [0.29, 0.717) is 11.8 Å². The third-order valence-electron chi connectivity index (χ3n) is 4.49. The Balaban J connectivity index is 0.000000491. The number of likely N-dealkylation sites (N-methyl/N-ethyl adjacent to an activating group) is 1. The molecule has 0 bridgehead atoms. The molecule has 4 heteroatoms. The lowest BCUT2D eigenvalue weighted by atomic mass is 9.71. The van der Waals surface area contributed by atoms with Gasteiger partial charge in [-0.25, -0.2) is 0 Å². The van der Waals surface area contributed by atoms with Gasteiger partial charge < -0.3 is 15.1 Å². The average Bonchev–Trinajstić information content (AvgIpc) is 2.68. The zero-order valence-corrected chi connectivity index (χ0v) is 13.5. The molecule has 1 saturated heterocycles. The van der Waals surface area contributed by atoms with Crippen molar-refractivity contribution < 1.29 is 15.0 Å². The minimum Gasteiger partial charge on any atom is -0.508 e. The molecule has 1 aliphatic rings. The molecule has 118 valence electrons. The summed E-state index contributed by atoms with van der Waals surface area (Å²) >= 11 is 0. The molecular weight excluding hydrogens is 266 g/mol. The Labute approximate surface area is 127 Å². The van der Waals surface area contributed by atoms with Crippen LogP contribution < -0.4 is 0 Å². The molecule has 0 radical (unpaired) electrons. The summed E-state index contributed by atoms with van der Waals surface area (Å²) in [5.74, 6) is -0.445. The van der Waals surface area contributed by atoms with Crippen molar-refractivity contribution in [2.24, 2.45) is 0 Å². The number of hydrogen-bond donors (Lipinski definition) is 2. The molecule has 1 heterocycles. The van der Waals surface area contributed by atoms with E-state index in [0.717, 1.165) is 13.5 Å². The predicted molar refractivity (Wildman–Crippen MR) is 84.7 cm³/mol. The first-order valence-corrected chi connectivity index (χ1v) is 7.52. The highest BCUT2D eigenvalue weighted by Crippen LogP contribution is 2.43. The predicted octanol–water partition coefficient (Wildman–Crippen LogP) is 3.25. The van der Waals surface area contributed by atoms with Crippen molar-refractivity contribution >= 4 is 5.97 Å². The molecule has 1 aliphatic heterocycles. The van der Waals surface area contributed by atoms with E-state index in [4.69, 9.17) is 9.90 Å². The van der Waals surface area contributed by atoms with E-state index >= 15 is 0 Å². The van der Waals surface area contributed by atoms with Gasteiger partial charge in [-0.3, -0.25) is 4.79 Å². The highest BCUT2D eigenvalue weighted by molar-refractivity contribution is 5.62. The topological polar surface area (TPSA) is 60.8 Å². The molecule has 2 unspecified atom stereocenters. The number of rotatable bonds is 3. The number of hydrogen-bond acceptors (Lipinski definition) is 3. The van der Waals surface area contributed by atoms with Gasteiger partial charge in [0.1, 0.15) is 5.75 Å². The first kappa shape index (κ1) is 17.5. The molecule has 2 rings (SSSR count). The first-order valence-electron chi connectivity index (χ1n) is 7.52. The summed E-state index contributed by atoms with van der Waals surface area (Å²) in [6, 6.07) is 8.39. The van der Waals surface area contributed by atoms with Crippen LogP contribution in [0.15, 0.2) is 24.3 Å². The molecule has 2 atom stereocenters. The molecule has 0 spiro atoms. The average molecular weight is 293 g/mol. The zero-order valence-electron chi connectivity index (χ0n) is 13.5. The van der Waals surface area contributed by atoms with E-state index in [2.05, 4.69) is 31.9 Å². The molecule has 0 saturated carbocycles. The summed E-state index contributed by atoms with van der Waals surface area (Å²) in [6.45, 7) is 6.79. The Morgan fingerprint density at radius 2 is 2.10 bits per heavy atom. The van der Waals surface area contributed by atoms with Gasteiger partial charge in [-0.05, 0) is 51.1 Å². The summed E-state index contributed by atoms with van der Waals surface area (Å²) in [5, 5.41) is 17.1. The van der Waals surface area contributed by atoms with E-state index in [1.165, 1.54) is 24.8 Å². The standard InChI is InChI=1S/C15H23NO.C2H4O2/c1-4-8-15(9-10-16(3)12(15)2)13-6-5-7-14(17)11-13;1-2(3)4/h5-7,11-12,17H,4,8-10H2,1-3H3;1H3,(H,3,4). The minimum atomic E-state index is -0.833. The normalized spacial score (nSPS) is 25.2. The summed E-state index contributed by atoms with van der Waals surface area (Å²) < 4.78 is 0. The second-order valence-electron chi connectivity index (χ2n) is 5.88. The number of carbonyl (C=O) groups is 1. The molecule has 21 heavy (non-hydrogen) atoms. The Kier molecular flexibility index (Phi) is 6.21. The Hall–Kier alpha value is -1.55. The highest BCUT2D eigenvalue weighted by Gasteiger charge is 2.43. The number of phenolic OH excluding ortho intramolecular Hbond substituents is 1. The Morgan fingerprint density at radius 3 is 2.52 bits per heavy atom. The van der Waals surface area contributed by atoms with Gasteiger partial charge in [0.2, 0.25) is 0 Å². The maximum Gasteiger partial charge on any atom is 0.300 e. The van der Waals surface area contributed by atoms with Crippen LogP contribution in [0.25, 0.3) is 0 Å². The molecule has 1 aromatic rings. The van der Waals surface area contributed by atoms with Crippen LogP contribution in [0.5, 0.6) is 5.75 Å². The fourth-order valence-electron chi connectivity index (χ4n) is 3.33. The van der Waals surface area contributed by atoms with Crippen LogP contribution in [0.4, 0.5) is 0 Å². The third kappa shape index (κ3) is 4.21. The van der Waals surface area contributed by atoms with Crippen molar-refractivity contribution in [2.75, 3.05) is 13.6 Å². The molecule has 0 aliphatic carbocycles. The van der Waals surface area contributed by atoms with E-state index in [-0.39, 0.29) is 5.41 Å². The number of aliphatic carboxylic acids is 1. The summed E-state index contributed by atoms with van der Waals surface area (Å²) in [4.78, 5) is 11.4. The lowest BCUT2D eigenvalue weighted by Gasteiger charge is -2.36. The number of carboxylic acid groups (broad SMARTS) is 1. The smallest absolute Gasteiger partial charge is 0.300 e. The quantitative estimate of drug-likeness (QED) is 0.898. The van der Waals surface area contributed by atoms with Crippen LogP contribution in [0.1, 0.15) is 45.6 Å². The van der Waals surface area contributed by atoms with Gasteiger partial charge in [-0.15, -0.1) is 0 Å². The van der Waals surface area contributed by atoms with Crippen LogP contribution in [-0.4, -0.2) is 40.7 Å². The van der Waals surface area contributed by atoms with Crippen LogP contribution in [0.2, 0.25) is 0 Å². The molecule has 1 aromatic carbocycles. The molecule has 2 N–H and O–H groups in total. The number of phenols is 1. The largest absolute Gasteiger partial charge is 0.508 e. The van der Waals surface area contributed by atoms with Crippen molar-refractivity contribution in [1.29, 1.82) is 0 Å². The van der Waals surface area contributed by atoms with Gasteiger partial charge in [0, 0.05) is 18.4 Å². The highest BCUT2D eigenvalue weighted by atomic mass is 16.4. The van der Waals surface area contributed by atoms with Crippen molar-refractivity contribution in [2.45, 2.75) is 51.5 Å². The Bertz CT molecular complexity index is 467. The maximum atomic E-state index is 9.69. The van der Waals surface area contributed by atoms with E-state index in [1.807, 2.05) is 12.1 Å². The lowest BCUT2D eigenvalue weighted by molar-refractivity contribution is -0.134. The van der Waals surface area contributed by atoms with Crippen molar-refractivity contribution in [3.05, 3.63) is 29.8 Å². The molecular formula is C17H27NO3. The van der Waals surface area contributed by atoms with Crippen LogP contribution >= 0.6 is 0 Å². The van der Waals surface area contributed by atoms with Crippen molar-refractivity contribution in [1.82, 2.24) is 4.90 Å². The summed E-state index contributed by atoms with van der Waals surface area (Å²) in [5.41, 5.74) is 1.53. The van der Waals surface area contributed by atoms with Gasteiger partial charge >= 0.3 is 0 Å². The number of benzene rings is 1. The number of likely N-dealkylation sites (tertiary alicyclic amines) is 1. The lowest BCUT2D eigenvalue weighted by Crippen LogP contribution is -2.38. The fourth-order valence-corrected chi connectivity index (χ4v) is 3.33. The zero-order chi connectivity index (χ0) is 16.0. The number of nitrogens with zero attached hydrogens (tertiary/aromatic N) is 1. The minimum absolute atomic E-state index is 0.224. The van der Waals surface area contributed by atoms with Gasteiger partial charge in [0.15, 0.2) is 0 Å². The summed E-state index contributed by atoms with van der Waals surface area (Å²) in [6.07, 6.45) is 3.58. The summed E-state index contributed by atoms with van der Waals surface area (Å²) in [7, 11) is 2.20. The first-order chi connectivity index (χ1) is 9.83. The Morgan fingerprint density at radius 1 is 1.48 bits per heavy atom. The van der Waals surface area contributed by atoms with E-state index in [9.17, 15) is 5.11 Å². The van der Waals surface area contributed by atoms with Crippen LogP contribution in [0, 0.1) is 0 Å². The van der Waals surface area contributed by atoms with Gasteiger partial charge in [0.05, 0.1) is 0 Å². The number of carboxylic acids is 1. The molecule has 0 amide bonds. The van der Waals surface area contributed by atoms with Crippen LogP contribution in [0.3, 0.4) is 0 Å². The third-order valence-corrected chi connectivity index (χ3v) is 4.49. The molecule has 0 aromatic heterocycles. The fraction of sp³-hybridized carbons (Fsp3) is 0.588. The van der Waals surface area contributed by atoms with Crippen LogP contribution in [-0.2, 0) is 10.2 Å².